The van der Waals surface area contributed by atoms with Crippen LogP contribution in [0.5, 0.6) is 0 Å². The van der Waals surface area contributed by atoms with Gasteiger partial charge in [-0.2, -0.15) is 0 Å². The number of benzene rings is 9. The minimum atomic E-state index is 0.510. The average molecular weight is 626 g/mol. The fraction of sp³-hybridized carbons (Fsp3) is 0. The highest BCUT2D eigenvalue weighted by atomic mass is 15.1. The van der Waals surface area contributed by atoms with Gasteiger partial charge in [-0.25, -0.2) is 0 Å². The van der Waals surface area contributed by atoms with E-state index < -0.39 is 0 Å². The Hall–Kier alpha value is -6.44. The van der Waals surface area contributed by atoms with E-state index in [2.05, 4.69) is 181 Å². The van der Waals surface area contributed by atoms with E-state index in [0.29, 0.717) is 6.04 Å². The summed E-state index contributed by atoms with van der Waals surface area (Å²) >= 11 is 0. The third-order valence-electron chi connectivity index (χ3n) is 9.56. The summed E-state index contributed by atoms with van der Waals surface area (Å²) in [7, 11) is 0. The van der Waals surface area contributed by atoms with Gasteiger partial charge in [-0.3, -0.25) is 0 Å². The first-order valence-corrected chi connectivity index (χ1v) is 16.8. The van der Waals surface area contributed by atoms with Gasteiger partial charge in [-0.1, -0.05) is 170 Å². The number of hydrogen-bond acceptors (Lipinski definition) is 1. The smallest absolute Gasteiger partial charge is 0.0623 e. The fourth-order valence-corrected chi connectivity index (χ4v) is 7.22. The van der Waals surface area contributed by atoms with Crippen molar-refractivity contribution in [3.8, 4) is 33.4 Å². The van der Waals surface area contributed by atoms with E-state index in [1.54, 1.807) is 0 Å². The molecule has 0 heterocycles. The van der Waals surface area contributed by atoms with Crippen molar-refractivity contribution in [3.05, 3.63) is 200 Å². The van der Waals surface area contributed by atoms with Gasteiger partial charge in [0, 0.05) is 22.1 Å². The van der Waals surface area contributed by atoms with E-state index in [-0.39, 0.29) is 0 Å². The summed E-state index contributed by atoms with van der Waals surface area (Å²) in [6.45, 7) is 0. The monoisotopic (exact) mass is 625 g/mol. The Morgan fingerprint density at radius 1 is 0.327 bits per heavy atom. The lowest BCUT2D eigenvalue weighted by atomic mass is 9.89. The molecule has 9 aromatic carbocycles. The Balaban J connectivity index is 1.29. The molecule has 0 spiro atoms. The van der Waals surface area contributed by atoms with Crippen molar-refractivity contribution in [2.75, 3.05) is 4.90 Å². The first kappa shape index (κ1) is 27.7. The summed E-state index contributed by atoms with van der Waals surface area (Å²) in [5.41, 5.74) is 10.3. The van der Waals surface area contributed by atoms with E-state index in [1.807, 2.05) is 18.2 Å². The van der Waals surface area contributed by atoms with Crippen molar-refractivity contribution in [2.24, 2.45) is 0 Å². The van der Waals surface area contributed by atoms with Gasteiger partial charge in [0.25, 0.3) is 0 Å². The lowest BCUT2D eigenvalue weighted by Gasteiger charge is -2.30. The third-order valence-corrected chi connectivity index (χ3v) is 9.56. The lowest BCUT2D eigenvalue weighted by molar-refractivity contribution is 1.31. The van der Waals surface area contributed by atoms with Crippen LogP contribution in [0, 0.1) is 0 Å². The normalized spacial score (nSPS) is 11.6. The molecule has 0 fully saturated rings. The van der Waals surface area contributed by atoms with Gasteiger partial charge in [-0.15, -0.1) is 0 Å². The molecular formula is C48H33N. The minimum Gasteiger partial charge on any atom is -0.309 e. The van der Waals surface area contributed by atoms with Crippen LogP contribution in [0.1, 0.15) is 1.37 Å². The van der Waals surface area contributed by atoms with Crippen LogP contribution in [-0.4, -0.2) is 0 Å². The molecule has 0 bridgehead atoms. The van der Waals surface area contributed by atoms with E-state index in [0.717, 1.165) is 28.2 Å². The van der Waals surface area contributed by atoms with Gasteiger partial charge in [-0.05, 0) is 85.3 Å². The maximum atomic E-state index is 8.16. The highest BCUT2D eigenvalue weighted by Crippen LogP contribution is 2.48. The Morgan fingerprint density at radius 2 is 0.776 bits per heavy atom. The molecule has 9 rings (SSSR count). The van der Waals surface area contributed by atoms with Crippen molar-refractivity contribution >= 4 is 49.4 Å². The Morgan fingerprint density at radius 3 is 1.37 bits per heavy atom. The quantitative estimate of drug-likeness (QED) is 0.166. The number of hydrogen-bond donors (Lipinski definition) is 0. The van der Waals surface area contributed by atoms with Crippen LogP contribution < -0.4 is 4.90 Å². The van der Waals surface area contributed by atoms with Crippen LogP contribution >= 0.6 is 0 Å². The molecule has 1 nitrogen and oxygen atoms in total. The van der Waals surface area contributed by atoms with Gasteiger partial charge in [0.1, 0.15) is 0 Å². The summed E-state index contributed by atoms with van der Waals surface area (Å²) in [5, 5.41) is 7.28. The molecule has 49 heavy (non-hydrogen) atoms. The Kier molecular flexibility index (Phi) is 6.94. The standard InChI is InChI=1S/C48H33N/c1-3-13-34(14-4-1)37-25-29-41(30-26-37)49(42-31-27-38(28-32-42)35-15-5-2-6-16-35)48-45-21-11-9-19-43(45)47(44-20-10-12-22-46(44)48)40-24-23-36-17-7-8-18-39(36)33-40/h1-33H/i3T. The zero-order valence-corrected chi connectivity index (χ0v) is 26.9. The van der Waals surface area contributed by atoms with Crippen LogP contribution in [0.4, 0.5) is 17.1 Å². The molecule has 0 radical (unpaired) electrons. The van der Waals surface area contributed by atoms with Crippen molar-refractivity contribution in [2.45, 2.75) is 0 Å². The first-order chi connectivity index (χ1) is 24.7. The fourth-order valence-electron chi connectivity index (χ4n) is 7.22. The topological polar surface area (TPSA) is 3.24 Å². The van der Waals surface area contributed by atoms with Gasteiger partial charge >= 0.3 is 0 Å². The lowest BCUT2D eigenvalue weighted by Crippen LogP contribution is -2.11. The molecule has 0 saturated carbocycles. The Labute approximate surface area is 288 Å². The molecule has 0 N–H and O–H groups in total. The average Bonchev–Trinajstić information content (AvgIpc) is 3.18. The highest BCUT2D eigenvalue weighted by Gasteiger charge is 2.22. The molecule has 0 atom stereocenters. The highest BCUT2D eigenvalue weighted by molar-refractivity contribution is 6.22. The van der Waals surface area contributed by atoms with Crippen molar-refractivity contribution in [1.82, 2.24) is 0 Å². The van der Waals surface area contributed by atoms with Crippen LogP contribution in [-0.2, 0) is 0 Å². The molecule has 0 aliphatic heterocycles. The van der Waals surface area contributed by atoms with Crippen LogP contribution in [0.3, 0.4) is 0 Å². The van der Waals surface area contributed by atoms with Gasteiger partial charge in [0.05, 0.1) is 7.06 Å². The number of anilines is 3. The van der Waals surface area contributed by atoms with Gasteiger partial charge < -0.3 is 4.90 Å². The second kappa shape index (κ2) is 12.3. The second-order valence-electron chi connectivity index (χ2n) is 12.5. The maximum absolute atomic E-state index is 8.16. The van der Waals surface area contributed by atoms with Crippen LogP contribution in [0.2, 0.25) is 0 Å². The summed E-state index contributed by atoms with van der Waals surface area (Å²) in [5.74, 6) is 0. The summed E-state index contributed by atoms with van der Waals surface area (Å²) < 4.78 is 8.16. The van der Waals surface area contributed by atoms with Gasteiger partial charge in [0.2, 0.25) is 0 Å². The number of rotatable bonds is 6. The van der Waals surface area contributed by atoms with Crippen molar-refractivity contribution in [3.63, 3.8) is 0 Å². The summed E-state index contributed by atoms with van der Waals surface area (Å²) in [6, 6.07) is 69.6. The SMILES string of the molecule is [3H]c1cccc(-c2ccc(N(c3ccc(-c4ccccc4)cc3)c3c4ccccc4c(-c4ccc5ccccc5c4)c4ccccc34)cc2)c1. The number of nitrogens with zero attached hydrogens (tertiary/aromatic N) is 1. The van der Waals surface area contributed by atoms with Crippen molar-refractivity contribution < 1.29 is 1.37 Å². The molecule has 1 heteroatoms. The molecule has 9 aromatic rings. The van der Waals surface area contributed by atoms with E-state index in [1.165, 1.54) is 54.6 Å². The third kappa shape index (κ3) is 5.23. The van der Waals surface area contributed by atoms with Crippen LogP contribution in [0.25, 0.3) is 65.7 Å². The first-order valence-electron chi connectivity index (χ1n) is 17.3. The van der Waals surface area contributed by atoms with Gasteiger partial charge in [0.15, 0.2) is 0 Å². The molecule has 230 valence electrons. The van der Waals surface area contributed by atoms with Crippen LogP contribution in [0.15, 0.2) is 200 Å². The molecule has 0 saturated heterocycles. The summed E-state index contributed by atoms with van der Waals surface area (Å²) in [6.07, 6.45) is 0. The zero-order chi connectivity index (χ0) is 33.4. The van der Waals surface area contributed by atoms with Crippen molar-refractivity contribution in [1.29, 1.82) is 0 Å². The molecule has 0 aliphatic carbocycles. The predicted octanol–water partition coefficient (Wildman–Crippen LogP) is 13.6. The predicted molar refractivity (Wildman–Crippen MR) is 210 cm³/mol. The molecular weight excluding hydrogens is 591 g/mol. The summed E-state index contributed by atoms with van der Waals surface area (Å²) in [4.78, 5) is 2.41. The second-order valence-corrected chi connectivity index (χ2v) is 12.5. The molecule has 0 aliphatic rings. The van der Waals surface area contributed by atoms with E-state index in [4.69, 9.17) is 1.37 Å². The molecule has 0 aromatic heterocycles. The van der Waals surface area contributed by atoms with E-state index in [9.17, 15) is 0 Å². The zero-order valence-electron chi connectivity index (χ0n) is 27.9. The minimum absolute atomic E-state index is 0.510. The molecule has 0 unspecified atom stereocenters. The molecule has 0 amide bonds. The van der Waals surface area contributed by atoms with E-state index >= 15 is 0 Å². The Bertz CT molecular complexity index is 2580. The number of fused-ring (bicyclic) bond motifs is 3. The largest absolute Gasteiger partial charge is 0.309 e. The maximum Gasteiger partial charge on any atom is 0.0623 e.